The van der Waals surface area contributed by atoms with Gasteiger partial charge >= 0.3 is 0 Å². The molecule has 1 amide bonds. The monoisotopic (exact) mass is 250 g/mol. The maximum absolute atomic E-state index is 12.2. The van der Waals surface area contributed by atoms with Gasteiger partial charge in [-0.3, -0.25) is 9.48 Å². The summed E-state index contributed by atoms with van der Waals surface area (Å²) in [7, 11) is 0. The van der Waals surface area contributed by atoms with Crippen LogP contribution < -0.4 is 11.1 Å². The number of hydrogen-bond donors (Lipinski definition) is 2. The molecule has 0 radical (unpaired) electrons. The fourth-order valence-electron chi connectivity index (χ4n) is 2.91. The quantitative estimate of drug-likeness (QED) is 0.820. The molecule has 6 heteroatoms. The molecule has 6 nitrogen and oxygen atoms in total. The first kappa shape index (κ1) is 11.5. The second kappa shape index (κ2) is 4.28. The summed E-state index contributed by atoms with van der Waals surface area (Å²) in [5.74, 6) is -0.145. The van der Waals surface area contributed by atoms with Gasteiger partial charge in [-0.1, -0.05) is 0 Å². The SMILES string of the molecule is CCn1ncc(N)c1C(=O)NC1CC2CCC1O2. The molecule has 0 aliphatic carbocycles. The van der Waals surface area contributed by atoms with Crippen molar-refractivity contribution in [3.8, 4) is 0 Å². The number of amides is 1. The summed E-state index contributed by atoms with van der Waals surface area (Å²) >= 11 is 0. The van der Waals surface area contributed by atoms with Gasteiger partial charge in [-0.2, -0.15) is 5.10 Å². The molecule has 3 atom stereocenters. The highest BCUT2D eigenvalue weighted by Gasteiger charge is 2.41. The van der Waals surface area contributed by atoms with Crippen LogP contribution in [0.3, 0.4) is 0 Å². The molecule has 98 valence electrons. The standard InChI is InChI=1S/C12H18N4O2/c1-2-16-11(8(13)6-14-16)12(17)15-9-5-7-3-4-10(9)18-7/h6-7,9-10H,2-5,13H2,1H3,(H,15,17). The van der Waals surface area contributed by atoms with Crippen molar-refractivity contribution < 1.29 is 9.53 Å². The third-order valence-electron chi connectivity index (χ3n) is 3.80. The molecule has 2 fully saturated rings. The van der Waals surface area contributed by atoms with Crippen LogP contribution >= 0.6 is 0 Å². The maximum atomic E-state index is 12.2. The predicted octanol–water partition coefficient (Wildman–Crippen LogP) is 0.535. The fraction of sp³-hybridized carbons (Fsp3) is 0.667. The molecule has 0 saturated carbocycles. The normalized spacial score (nSPS) is 29.7. The molecule has 2 bridgehead atoms. The number of carbonyl (C=O) groups excluding carboxylic acids is 1. The number of hydrogen-bond acceptors (Lipinski definition) is 4. The maximum Gasteiger partial charge on any atom is 0.272 e. The van der Waals surface area contributed by atoms with Gasteiger partial charge in [0, 0.05) is 6.54 Å². The van der Waals surface area contributed by atoms with Crippen molar-refractivity contribution in [1.29, 1.82) is 0 Å². The summed E-state index contributed by atoms with van der Waals surface area (Å²) in [6.07, 6.45) is 5.10. The Bertz CT molecular complexity index is 471. The van der Waals surface area contributed by atoms with E-state index in [0.29, 0.717) is 24.0 Å². The van der Waals surface area contributed by atoms with E-state index in [2.05, 4.69) is 10.4 Å². The van der Waals surface area contributed by atoms with E-state index in [0.717, 1.165) is 19.3 Å². The summed E-state index contributed by atoms with van der Waals surface area (Å²) in [6.45, 7) is 2.57. The molecular weight excluding hydrogens is 232 g/mol. The molecule has 18 heavy (non-hydrogen) atoms. The summed E-state index contributed by atoms with van der Waals surface area (Å²) in [6, 6.07) is 0.121. The first-order chi connectivity index (χ1) is 8.69. The van der Waals surface area contributed by atoms with Gasteiger partial charge in [0.1, 0.15) is 5.69 Å². The second-order valence-corrected chi connectivity index (χ2v) is 4.95. The number of nitrogen functional groups attached to an aromatic ring is 1. The van der Waals surface area contributed by atoms with E-state index in [-0.39, 0.29) is 18.1 Å². The third kappa shape index (κ3) is 1.77. The lowest BCUT2D eigenvalue weighted by Crippen LogP contribution is -2.42. The zero-order valence-electron chi connectivity index (χ0n) is 10.4. The van der Waals surface area contributed by atoms with Gasteiger partial charge in [0.15, 0.2) is 0 Å². The zero-order valence-corrected chi connectivity index (χ0v) is 10.4. The summed E-state index contributed by atoms with van der Waals surface area (Å²) in [5, 5.41) is 7.10. The van der Waals surface area contributed by atoms with E-state index in [1.807, 2.05) is 6.92 Å². The van der Waals surface area contributed by atoms with Crippen molar-refractivity contribution in [2.45, 2.75) is 51.0 Å². The Balaban J connectivity index is 1.73. The van der Waals surface area contributed by atoms with Crippen LogP contribution in [0, 0.1) is 0 Å². The lowest BCUT2D eigenvalue weighted by molar-refractivity contribution is 0.0834. The van der Waals surface area contributed by atoms with Crippen LogP contribution in [0.5, 0.6) is 0 Å². The van der Waals surface area contributed by atoms with Crippen LogP contribution in [-0.2, 0) is 11.3 Å². The van der Waals surface area contributed by atoms with Crippen molar-refractivity contribution in [3.63, 3.8) is 0 Å². The highest BCUT2D eigenvalue weighted by molar-refractivity contribution is 5.97. The second-order valence-electron chi connectivity index (χ2n) is 4.95. The van der Waals surface area contributed by atoms with Crippen molar-refractivity contribution in [1.82, 2.24) is 15.1 Å². The molecule has 3 heterocycles. The topological polar surface area (TPSA) is 82.2 Å². The van der Waals surface area contributed by atoms with Gasteiger partial charge in [-0.25, -0.2) is 0 Å². The van der Waals surface area contributed by atoms with Crippen LogP contribution in [0.4, 0.5) is 5.69 Å². The molecule has 2 saturated heterocycles. The number of ether oxygens (including phenoxy) is 1. The van der Waals surface area contributed by atoms with Gasteiger partial charge < -0.3 is 15.8 Å². The smallest absolute Gasteiger partial charge is 0.272 e. The number of aryl methyl sites for hydroxylation is 1. The van der Waals surface area contributed by atoms with E-state index >= 15 is 0 Å². The van der Waals surface area contributed by atoms with Crippen LogP contribution in [0.25, 0.3) is 0 Å². The van der Waals surface area contributed by atoms with E-state index in [1.165, 1.54) is 6.20 Å². The Morgan fingerprint density at radius 3 is 3.11 bits per heavy atom. The number of anilines is 1. The largest absolute Gasteiger partial charge is 0.396 e. The van der Waals surface area contributed by atoms with Crippen molar-refractivity contribution in [2.24, 2.45) is 0 Å². The molecule has 0 aromatic carbocycles. The van der Waals surface area contributed by atoms with Crippen molar-refractivity contribution in [3.05, 3.63) is 11.9 Å². The Morgan fingerprint density at radius 1 is 1.67 bits per heavy atom. The molecule has 3 rings (SSSR count). The van der Waals surface area contributed by atoms with E-state index in [1.54, 1.807) is 4.68 Å². The molecule has 0 spiro atoms. The molecule has 3 N–H and O–H groups in total. The molecule has 2 aliphatic rings. The lowest BCUT2D eigenvalue weighted by atomic mass is 9.95. The van der Waals surface area contributed by atoms with Crippen molar-refractivity contribution in [2.75, 3.05) is 5.73 Å². The average molecular weight is 250 g/mol. The van der Waals surface area contributed by atoms with Crippen molar-refractivity contribution >= 4 is 11.6 Å². The molecule has 3 unspecified atom stereocenters. The number of nitrogens with zero attached hydrogens (tertiary/aromatic N) is 2. The predicted molar refractivity (Wildman–Crippen MR) is 66.1 cm³/mol. The number of carbonyl (C=O) groups is 1. The first-order valence-corrected chi connectivity index (χ1v) is 6.46. The Kier molecular flexibility index (Phi) is 2.74. The minimum Gasteiger partial charge on any atom is -0.396 e. The van der Waals surface area contributed by atoms with E-state index in [4.69, 9.17) is 10.5 Å². The molecule has 1 aromatic rings. The lowest BCUT2D eigenvalue weighted by Gasteiger charge is -2.20. The first-order valence-electron chi connectivity index (χ1n) is 6.46. The highest BCUT2D eigenvalue weighted by Crippen LogP contribution is 2.34. The number of rotatable bonds is 3. The van der Waals surface area contributed by atoms with Gasteiger partial charge in [0.2, 0.25) is 0 Å². The van der Waals surface area contributed by atoms with E-state index in [9.17, 15) is 4.79 Å². The van der Waals surface area contributed by atoms with Crippen LogP contribution in [0.2, 0.25) is 0 Å². The van der Waals surface area contributed by atoms with E-state index < -0.39 is 0 Å². The Hall–Kier alpha value is -1.56. The number of nitrogens with two attached hydrogens (primary N) is 1. The fourth-order valence-corrected chi connectivity index (χ4v) is 2.91. The van der Waals surface area contributed by atoms with Crippen LogP contribution in [-0.4, -0.2) is 33.9 Å². The molecular formula is C12H18N4O2. The Morgan fingerprint density at radius 2 is 2.50 bits per heavy atom. The average Bonchev–Trinajstić information content (AvgIpc) is 3.03. The number of aromatic nitrogens is 2. The molecule has 2 aliphatic heterocycles. The Labute approximate surface area is 105 Å². The van der Waals surface area contributed by atoms with Gasteiger partial charge in [-0.15, -0.1) is 0 Å². The number of fused-ring (bicyclic) bond motifs is 2. The van der Waals surface area contributed by atoms with Gasteiger partial charge in [-0.05, 0) is 26.2 Å². The highest BCUT2D eigenvalue weighted by atomic mass is 16.5. The summed E-state index contributed by atoms with van der Waals surface area (Å²) < 4.78 is 7.35. The summed E-state index contributed by atoms with van der Waals surface area (Å²) in [4.78, 5) is 12.2. The zero-order chi connectivity index (χ0) is 12.7. The number of nitrogens with one attached hydrogen (secondary N) is 1. The third-order valence-corrected chi connectivity index (χ3v) is 3.80. The molecule has 1 aromatic heterocycles. The minimum absolute atomic E-state index is 0.121. The van der Waals surface area contributed by atoms with Gasteiger partial charge in [0.05, 0.1) is 30.1 Å². The van der Waals surface area contributed by atoms with Crippen LogP contribution in [0.15, 0.2) is 6.20 Å². The minimum atomic E-state index is -0.145. The summed E-state index contributed by atoms with van der Waals surface area (Å²) in [5.41, 5.74) is 6.68. The van der Waals surface area contributed by atoms with Crippen LogP contribution in [0.1, 0.15) is 36.7 Å². The van der Waals surface area contributed by atoms with Gasteiger partial charge in [0.25, 0.3) is 5.91 Å².